The zero-order valence-electron chi connectivity index (χ0n) is 11.9. The maximum absolute atomic E-state index is 12.3. The number of ketones is 1. The van der Waals surface area contributed by atoms with E-state index in [4.69, 9.17) is 5.73 Å². The molecular formula is C17H21NO. The summed E-state index contributed by atoms with van der Waals surface area (Å²) in [6.07, 6.45) is 0.487. The Morgan fingerprint density at radius 2 is 1.74 bits per heavy atom. The maximum Gasteiger partial charge on any atom is 0.163 e. The van der Waals surface area contributed by atoms with Crippen LogP contribution in [0.2, 0.25) is 0 Å². The molecule has 0 spiro atoms. The quantitative estimate of drug-likeness (QED) is 0.846. The number of carbonyl (C=O) groups is 1. The number of Topliss-reactive ketones (excluding diaryl/α,β-unsaturated/α-hetero) is 1. The summed E-state index contributed by atoms with van der Waals surface area (Å²) in [5.41, 5.74) is 7.56. The van der Waals surface area contributed by atoms with Crippen molar-refractivity contribution < 1.29 is 4.79 Å². The van der Waals surface area contributed by atoms with Crippen molar-refractivity contribution in [2.45, 2.75) is 27.2 Å². The van der Waals surface area contributed by atoms with Crippen LogP contribution in [0, 0.1) is 12.3 Å². The average Bonchev–Trinajstić information content (AvgIpc) is 2.37. The van der Waals surface area contributed by atoms with E-state index in [1.807, 2.05) is 32.0 Å². The minimum Gasteiger partial charge on any atom is -0.330 e. The third-order valence-corrected chi connectivity index (χ3v) is 3.51. The predicted molar refractivity (Wildman–Crippen MR) is 80.5 cm³/mol. The van der Waals surface area contributed by atoms with Gasteiger partial charge in [-0.2, -0.15) is 0 Å². The van der Waals surface area contributed by atoms with Gasteiger partial charge < -0.3 is 5.73 Å². The third-order valence-electron chi connectivity index (χ3n) is 3.51. The topological polar surface area (TPSA) is 43.1 Å². The Morgan fingerprint density at radius 3 is 2.42 bits per heavy atom. The second-order valence-corrected chi connectivity index (χ2v) is 6.03. The van der Waals surface area contributed by atoms with Crippen LogP contribution in [0.25, 0.3) is 10.8 Å². The Hall–Kier alpha value is -1.67. The van der Waals surface area contributed by atoms with Crippen molar-refractivity contribution in [1.82, 2.24) is 0 Å². The molecule has 19 heavy (non-hydrogen) atoms. The molecule has 0 aromatic heterocycles. The molecule has 0 atom stereocenters. The lowest BCUT2D eigenvalue weighted by molar-refractivity contribution is 0.0935. The number of nitrogens with two attached hydrogens (primary N) is 1. The highest BCUT2D eigenvalue weighted by Crippen LogP contribution is 2.23. The molecular weight excluding hydrogens is 234 g/mol. The number of benzene rings is 2. The van der Waals surface area contributed by atoms with Crippen molar-refractivity contribution in [3.63, 3.8) is 0 Å². The molecule has 2 aromatic rings. The van der Waals surface area contributed by atoms with Gasteiger partial charge in [-0.15, -0.1) is 0 Å². The summed E-state index contributed by atoms with van der Waals surface area (Å²) in [6, 6.07) is 12.2. The van der Waals surface area contributed by atoms with Crippen LogP contribution in [0.4, 0.5) is 0 Å². The molecule has 2 rings (SSSR count). The third kappa shape index (κ3) is 3.21. The zero-order valence-corrected chi connectivity index (χ0v) is 11.9. The summed E-state index contributed by atoms with van der Waals surface area (Å²) in [6.45, 7) is 6.64. The van der Waals surface area contributed by atoms with Crippen molar-refractivity contribution in [2.75, 3.05) is 6.54 Å². The van der Waals surface area contributed by atoms with Gasteiger partial charge in [-0.3, -0.25) is 4.79 Å². The summed E-state index contributed by atoms with van der Waals surface area (Å²) in [5, 5.41) is 2.29. The second kappa shape index (κ2) is 5.14. The molecule has 0 aliphatic heterocycles. The number of hydrogen-bond acceptors (Lipinski definition) is 2. The molecule has 100 valence electrons. The van der Waals surface area contributed by atoms with Crippen LogP contribution >= 0.6 is 0 Å². The molecule has 0 bridgehead atoms. The molecule has 0 aliphatic rings. The Kier molecular flexibility index (Phi) is 3.72. The van der Waals surface area contributed by atoms with Crippen molar-refractivity contribution in [1.29, 1.82) is 0 Å². The van der Waals surface area contributed by atoms with Crippen molar-refractivity contribution in [2.24, 2.45) is 11.1 Å². The molecule has 2 aromatic carbocycles. The molecule has 0 saturated heterocycles. The molecule has 0 radical (unpaired) electrons. The van der Waals surface area contributed by atoms with E-state index in [9.17, 15) is 4.79 Å². The first-order chi connectivity index (χ1) is 8.91. The van der Waals surface area contributed by atoms with Gasteiger partial charge in [0.25, 0.3) is 0 Å². The van der Waals surface area contributed by atoms with Crippen molar-refractivity contribution >= 4 is 16.6 Å². The molecule has 0 amide bonds. The van der Waals surface area contributed by atoms with Crippen LogP contribution in [-0.4, -0.2) is 12.3 Å². The van der Waals surface area contributed by atoms with E-state index in [-0.39, 0.29) is 11.2 Å². The summed E-state index contributed by atoms with van der Waals surface area (Å²) in [7, 11) is 0. The van der Waals surface area contributed by atoms with E-state index in [0.29, 0.717) is 13.0 Å². The van der Waals surface area contributed by atoms with Crippen molar-refractivity contribution in [3.05, 3.63) is 47.5 Å². The van der Waals surface area contributed by atoms with Crippen LogP contribution < -0.4 is 5.73 Å². The van der Waals surface area contributed by atoms with E-state index in [1.165, 1.54) is 10.9 Å². The highest BCUT2D eigenvalue weighted by Gasteiger charge is 2.21. The van der Waals surface area contributed by atoms with Gasteiger partial charge in [-0.1, -0.05) is 49.7 Å². The minimum absolute atomic E-state index is 0.140. The number of fused-ring (bicyclic) bond motifs is 1. The standard InChI is InChI=1S/C17H21NO/c1-12-4-5-14-9-15(7-6-13(14)8-12)16(19)10-17(2,3)11-18/h4-9H,10-11,18H2,1-3H3. The lowest BCUT2D eigenvalue weighted by Gasteiger charge is -2.21. The van der Waals surface area contributed by atoms with E-state index in [1.54, 1.807) is 0 Å². The molecule has 2 N–H and O–H groups in total. The van der Waals surface area contributed by atoms with Crippen LogP contribution in [0.1, 0.15) is 36.2 Å². The Balaban J connectivity index is 2.31. The molecule has 0 saturated carbocycles. The van der Waals surface area contributed by atoms with Gasteiger partial charge in [0.05, 0.1) is 0 Å². The summed E-state index contributed by atoms with van der Waals surface area (Å²) in [5.74, 6) is 0.165. The fourth-order valence-corrected chi connectivity index (χ4v) is 2.15. The summed E-state index contributed by atoms with van der Waals surface area (Å²) >= 11 is 0. The minimum atomic E-state index is -0.140. The SMILES string of the molecule is Cc1ccc2cc(C(=O)CC(C)(C)CN)ccc2c1. The first-order valence-electron chi connectivity index (χ1n) is 6.65. The lowest BCUT2D eigenvalue weighted by atomic mass is 9.85. The van der Waals surface area contributed by atoms with Crippen molar-refractivity contribution in [3.8, 4) is 0 Å². The molecule has 2 heteroatoms. The zero-order chi connectivity index (χ0) is 14.0. The van der Waals surface area contributed by atoms with Gasteiger partial charge in [-0.25, -0.2) is 0 Å². The largest absolute Gasteiger partial charge is 0.330 e. The monoisotopic (exact) mass is 255 g/mol. The van der Waals surface area contributed by atoms with Gasteiger partial charge in [0.15, 0.2) is 5.78 Å². The molecule has 0 unspecified atom stereocenters. The van der Waals surface area contributed by atoms with Crippen LogP contribution in [0.5, 0.6) is 0 Å². The number of rotatable bonds is 4. The fourth-order valence-electron chi connectivity index (χ4n) is 2.15. The van der Waals surface area contributed by atoms with Gasteiger partial charge in [-0.05, 0) is 35.7 Å². The van der Waals surface area contributed by atoms with Gasteiger partial charge in [0.2, 0.25) is 0 Å². The first kappa shape index (κ1) is 13.8. The first-order valence-corrected chi connectivity index (χ1v) is 6.65. The highest BCUT2D eigenvalue weighted by atomic mass is 16.1. The predicted octanol–water partition coefficient (Wildman–Crippen LogP) is 3.71. The van der Waals surface area contributed by atoms with Crippen LogP contribution in [-0.2, 0) is 0 Å². The smallest absolute Gasteiger partial charge is 0.163 e. The molecule has 2 nitrogen and oxygen atoms in total. The molecule has 0 heterocycles. The highest BCUT2D eigenvalue weighted by molar-refractivity contribution is 6.00. The van der Waals surface area contributed by atoms with E-state index in [2.05, 4.69) is 25.1 Å². The number of hydrogen-bond donors (Lipinski definition) is 1. The Bertz CT molecular complexity index is 614. The van der Waals surface area contributed by atoms with E-state index < -0.39 is 0 Å². The fraction of sp³-hybridized carbons (Fsp3) is 0.353. The van der Waals surface area contributed by atoms with Crippen LogP contribution in [0.15, 0.2) is 36.4 Å². The normalized spacial score (nSPS) is 11.8. The maximum atomic E-state index is 12.3. The lowest BCUT2D eigenvalue weighted by Crippen LogP contribution is -2.26. The van der Waals surface area contributed by atoms with Gasteiger partial charge >= 0.3 is 0 Å². The van der Waals surface area contributed by atoms with Crippen LogP contribution in [0.3, 0.4) is 0 Å². The number of carbonyl (C=O) groups excluding carboxylic acids is 1. The van der Waals surface area contributed by atoms with E-state index >= 15 is 0 Å². The van der Waals surface area contributed by atoms with E-state index in [0.717, 1.165) is 10.9 Å². The van der Waals surface area contributed by atoms with Gasteiger partial charge in [0, 0.05) is 12.0 Å². The Labute approximate surface area is 114 Å². The molecule has 0 aliphatic carbocycles. The second-order valence-electron chi connectivity index (χ2n) is 6.03. The molecule has 0 fully saturated rings. The Morgan fingerprint density at radius 1 is 1.11 bits per heavy atom. The number of aryl methyl sites for hydroxylation is 1. The summed E-state index contributed by atoms with van der Waals surface area (Å²) < 4.78 is 0. The summed E-state index contributed by atoms with van der Waals surface area (Å²) in [4.78, 5) is 12.3. The van der Waals surface area contributed by atoms with Gasteiger partial charge in [0.1, 0.15) is 0 Å². The average molecular weight is 255 g/mol.